The first kappa shape index (κ1) is 9.27. The van der Waals surface area contributed by atoms with Gasteiger partial charge in [0.25, 0.3) is 5.91 Å². The second-order valence-corrected chi connectivity index (χ2v) is 3.62. The van der Waals surface area contributed by atoms with Crippen LogP contribution in [-0.2, 0) is 0 Å². The van der Waals surface area contributed by atoms with Crippen LogP contribution in [0.2, 0.25) is 0 Å². The predicted molar refractivity (Wildman–Crippen MR) is 51.8 cm³/mol. The summed E-state index contributed by atoms with van der Waals surface area (Å²) >= 11 is 0. The minimum Gasteiger partial charge on any atom is -0.459 e. The highest BCUT2D eigenvalue weighted by Crippen LogP contribution is 2.17. The summed E-state index contributed by atoms with van der Waals surface area (Å²) in [5.74, 6) is 0.850. The van der Waals surface area contributed by atoms with Gasteiger partial charge in [-0.3, -0.25) is 4.79 Å². The second-order valence-electron chi connectivity index (χ2n) is 3.62. The van der Waals surface area contributed by atoms with Gasteiger partial charge in [-0.25, -0.2) is 0 Å². The standard InChI is InChI=1S/C10H14N2O2/c11-6-8-3-4-12(7-8)10(13)9-2-1-5-14-9/h1-2,5,8H,3-4,6-7,11H2. The Hall–Kier alpha value is -1.29. The topological polar surface area (TPSA) is 59.5 Å². The minimum atomic E-state index is -0.0223. The Kier molecular flexibility index (Phi) is 2.54. The van der Waals surface area contributed by atoms with Gasteiger partial charge in [0.15, 0.2) is 5.76 Å². The van der Waals surface area contributed by atoms with Gasteiger partial charge in [-0.05, 0) is 31.0 Å². The van der Waals surface area contributed by atoms with E-state index in [0.29, 0.717) is 18.2 Å². The van der Waals surface area contributed by atoms with E-state index in [9.17, 15) is 4.79 Å². The SMILES string of the molecule is NCC1CCN(C(=O)c2ccco2)C1. The maximum atomic E-state index is 11.8. The van der Waals surface area contributed by atoms with Crippen LogP contribution in [0, 0.1) is 5.92 Å². The van der Waals surface area contributed by atoms with Gasteiger partial charge in [-0.2, -0.15) is 0 Å². The van der Waals surface area contributed by atoms with E-state index in [0.717, 1.165) is 19.5 Å². The molecule has 2 N–H and O–H groups in total. The highest BCUT2D eigenvalue weighted by atomic mass is 16.3. The first-order valence-corrected chi connectivity index (χ1v) is 4.84. The van der Waals surface area contributed by atoms with E-state index in [1.807, 2.05) is 0 Å². The quantitative estimate of drug-likeness (QED) is 0.754. The first-order chi connectivity index (χ1) is 6.81. The van der Waals surface area contributed by atoms with Crippen LogP contribution in [0.1, 0.15) is 17.0 Å². The summed E-state index contributed by atoms with van der Waals surface area (Å²) in [7, 11) is 0. The number of amides is 1. The average molecular weight is 194 g/mol. The van der Waals surface area contributed by atoms with Crippen LogP contribution in [0.4, 0.5) is 0 Å². The lowest BCUT2D eigenvalue weighted by Gasteiger charge is -2.14. The highest BCUT2D eigenvalue weighted by molar-refractivity contribution is 5.91. The van der Waals surface area contributed by atoms with Crippen LogP contribution in [0.5, 0.6) is 0 Å². The summed E-state index contributed by atoms with van der Waals surface area (Å²) < 4.78 is 5.05. The van der Waals surface area contributed by atoms with Crippen LogP contribution >= 0.6 is 0 Å². The van der Waals surface area contributed by atoms with Crippen LogP contribution in [0.15, 0.2) is 22.8 Å². The van der Waals surface area contributed by atoms with Crippen molar-refractivity contribution in [2.45, 2.75) is 6.42 Å². The van der Waals surface area contributed by atoms with E-state index >= 15 is 0 Å². The lowest BCUT2D eigenvalue weighted by molar-refractivity contribution is 0.0756. The average Bonchev–Trinajstić information content (AvgIpc) is 2.88. The summed E-state index contributed by atoms with van der Waals surface area (Å²) in [6.07, 6.45) is 2.52. The van der Waals surface area contributed by atoms with Gasteiger partial charge in [0.1, 0.15) is 0 Å². The summed E-state index contributed by atoms with van der Waals surface area (Å²) in [6, 6.07) is 3.42. The molecule has 0 bridgehead atoms. The molecule has 1 aliphatic heterocycles. The number of rotatable bonds is 2. The largest absolute Gasteiger partial charge is 0.459 e. The third-order valence-electron chi connectivity index (χ3n) is 2.64. The van der Waals surface area contributed by atoms with Crippen molar-refractivity contribution in [3.8, 4) is 0 Å². The maximum Gasteiger partial charge on any atom is 0.289 e. The third kappa shape index (κ3) is 1.65. The monoisotopic (exact) mass is 194 g/mol. The molecule has 4 nitrogen and oxygen atoms in total. The van der Waals surface area contributed by atoms with Crippen molar-refractivity contribution in [3.05, 3.63) is 24.2 Å². The zero-order valence-electron chi connectivity index (χ0n) is 7.98. The van der Waals surface area contributed by atoms with E-state index in [-0.39, 0.29) is 5.91 Å². The Balaban J connectivity index is 2.00. The number of furan rings is 1. The molecule has 76 valence electrons. The molecule has 1 aromatic rings. The first-order valence-electron chi connectivity index (χ1n) is 4.84. The van der Waals surface area contributed by atoms with Crippen molar-refractivity contribution in [3.63, 3.8) is 0 Å². The number of nitrogens with two attached hydrogens (primary N) is 1. The number of carbonyl (C=O) groups is 1. The van der Waals surface area contributed by atoms with Crippen molar-refractivity contribution >= 4 is 5.91 Å². The zero-order valence-corrected chi connectivity index (χ0v) is 7.98. The van der Waals surface area contributed by atoms with Crippen LogP contribution in [0.25, 0.3) is 0 Å². The molecule has 1 unspecified atom stereocenters. The number of carbonyl (C=O) groups excluding carboxylic acids is 1. The molecule has 1 fully saturated rings. The minimum absolute atomic E-state index is 0.0223. The molecule has 1 atom stereocenters. The van der Waals surface area contributed by atoms with Crippen LogP contribution in [-0.4, -0.2) is 30.4 Å². The van der Waals surface area contributed by atoms with Gasteiger partial charge < -0.3 is 15.1 Å². The van der Waals surface area contributed by atoms with Gasteiger partial charge in [0.05, 0.1) is 6.26 Å². The fourth-order valence-electron chi connectivity index (χ4n) is 1.77. The molecule has 1 amide bonds. The van der Waals surface area contributed by atoms with Crippen LogP contribution in [0.3, 0.4) is 0 Å². The molecule has 2 heterocycles. The van der Waals surface area contributed by atoms with Crippen molar-refractivity contribution in [2.24, 2.45) is 11.7 Å². The molecule has 1 saturated heterocycles. The van der Waals surface area contributed by atoms with Gasteiger partial charge in [0, 0.05) is 13.1 Å². The molecule has 0 aliphatic carbocycles. The normalized spacial score (nSPS) is 21.5. The smallest absolute Gasteiger partial charge is 0.289 e. The molecule has 0 spiro atoms. The summed E-state index contributed by atoms with van der Waals surface area (Å²) in [6.45, 7) is 2.21. The molecule has 0 aromatic carbocycles. The van der Waals surface area contributed by atoms with E-state index < -0.39 is 0 Å². The Morgan fingerprint density at radius 3 is 3.14 bits per heavy atom. The van der Waals surface area contributed by atoms with Gasteiger partial charge in [-0.15, -0.1) is 0 Å². The molecule has 1 aliphatic rings. The molecular weight excluding hydrogens is 180 g/mol. The van der Waals surface area contributed by atoms with E-state index in [1.165, 1.54) is 6.26 Å². The maximum absolute atomic E-state index is 11.8. The van der Waals surface area contributed by atoms with Gasteiger partial charge in [-0.1, -0.05) is 0 Å². The Bertz CT molecular complexity index is 308. The van der Waals surface area contributed by atoms with Crippen LogP contribution < -0.4 is 5.73 Å². The predicted octanol–water partition coefficient (Wildman–Crippen LogP) is 0.700. The zero-order chi connectivity index (χ0) is 9.97. The van der Waals surface area contributed by atoms with Crippen molar-refractivity contribution < 1.29 is 9.21 Å². The summed E-state index contributed by atoms with van der Waals surface area (Å²) in [4.78, 5) is 13.6. The number of hydrogen-bond donors (Lipinski definition) is 1. The lowest BCUT2D eigenvalue weighted by atomic mass is 10.1. The molecular formula is C10H14N2O2. The third-order valence-corrected chi connectivity index (χ3v) is 2.64. The Morgan fingerprint density at radius 2 is 2.57 bits per heavy atom. The van der Waals surface area contributed by atoms with E-state index in [4.69, 9.17) is 10.2 Å². The summed E-state index contributed by atoms with van der Waals surface area (Å²) in [5, 5.41) is 0. The fraction of sp³-hybridized carbons (Fsp3) is 0.500. The lowest BCUT2D eigenvalue weighted by Crippen LogP contribution is -2.29. The Labute approximate surface area is 82.7 Å². The van der Waals surface area contributed by atoms with Crippen molar-refractivity contribution in [1.29, 1.82) is 0 Å². The number of likely N-dealkylation sites (tertiary alicyclic amines) is 1. The molecule has 14 heavy (non-hydrogen) atoms. The summed E-state index contributed by atoms with van der Waals surface area (Å²) in [5.41, 5.74) is 5.55. The molecule has 1 aromatic heterocycles. The van der Waals surface area contributed by atoms with E-state index in [1.54, 1.807) is 17.0 Å². The number of hydrogen-bond acceptors (Lipinski definition) is 3. The molecule has 4 heteroatoms. The van der Waals surface area contributed by atoms with E-state index in [2.05, 4.69) is 0 Å². The van der Waals surface area contributed by atoms with Crippen molar-refractivity contribution in [1.82, 2.24) is 4.90 Å². The number of nitrogens with zero attached hydrogens (tertiary/aromatic N) is 1. The van der Waals surface area contributed by atoms with Gasteiger partial charge in [0.2, 0.25) is 0 Å². The molecule has 0 saturated carbocycles. The van der Waals surface area contributed by atoms with Crippen molar-refractivity contribution in [2.75, 3.05) is 19.6 Å². The molecule has 2 rings (SSSR count). The highest BCUT2D eigenvalue weighted by Gasteiger charge is 2.27. The van der Waals surface area contributed by atoms with Gasteiger partial charge >= 0.3 is 0 Å². The fourth-order valence-corrected chi connectivity index (χ4v) is 1.77. The Morgan fingerprint density at radius 1 is 1.71 bits per heavy atom. The molecule has 0 radical (unpaired) electrons. The second kappa shape index (κ2) is 3.84.